The van der Waals surface area contributed by atoms with Crippen molar-refractivity contribution in [3.63, 3.8) is 0 Å². The predicted molar refractivity (Wildman–Crippen MR) is 312 cm³/mol. The Hall–Kier alpha value is -6.33. The van der Waals surface area contributed by atoms with Gasteiger partial charge in [0.15, 0.2) is 0 Å². The van der Waals surface area contributed by atoms with Gasteiger partial charge >= 0.3 is 159 Å². The molecular weight excluding hydrogens is 2190 g/mol. The number of anilines is 3. The van der Waals surface area contributed by atoms with E-state index in [2.05, 4.69) is 39.4 Å². The molecule has 0 bridgehead atoms. The molecule has 0 aromatic carbocycles. The van der Waals surface area contributed by atoms with Crippen LogP contribution in [-0.4, -0.2) is 333 Å². The number of aromatic nitrogens is 6. The topological polar surface area (TPSA) is 372 Å². The second-order valence-electron chi connectivity index (χ2n) is 24.2. The molecule has 0 radical (unpaired) electrons. The lowest BCUT2D eigenvalue weighted by Crippen LogP contribution is -2.62. The Kier molecular flexibility index (Phi) is 42.4. The molecule has 0 saturated carbocycles. The van der Waals surface area contributed by atoms with Gasteiger partial charge in [0.1, 0.15) is 6.54 Å². The Morgan fingerprint density at radius 2 is 0.401 bits per heavy atom. The van der Waals surface area contributed by atoms with Gasteiger partial charge in [-0.1, -0.05) is 0 Å². The number of halogens is 57. The van der Waals surface area contributed by atoms with Gasteiger partial charge in [0.25, 0.3) is 0 Å². The van der Waals surface area contributed by atoms with Crippen LogP contribution in [0.25, 0.3) is 0 Å². The second kappa shape index (κ2) is 44.5. The largest absolute Gasteiger partial charge is 0.483 e. The standard InChI is InChI=1S/C30H33F27N6O12.C17H10F27NO8.C3Cl3N3/c1-3-61(5-12(67)8-64)15-58-16(62(4-2)6-13(68)9-65)60-17(59-15)63(7-14(69)10-66)11-18(31,32)70-21(38,39)22(40,41)72-25(46,47)26(48,49)74-29(54,55)30(56,57)75-28(52,53)27(50,51)73-24(44,45)23(42,43)71-20(36,37)19(33,34)35;18-5(19,3-45-1-4(47)2-46)48-8(25,26)9(27,28)50-12(33,34)13(35,36)52-16(41,42)17(43,44)53-15(39,40)14(37,38)51-11(31,32)10(29,30)49-7(23,24)6(20,21)22;4-1-7-2(5)9-3(6)8-1/h12-14,64-69H,3-11H2,1-2H3;4,45-47H,1-3H2;. The average molecular weight is 2240 g/mol. The number of aliphatic hydroxyl groups is 8. The predicted octanol–water partition coefficient (Wildman–Crippen LogP) is 13.7. The Morgan fingerprint density at radius 3 is 0.577 bits per heavy atom. The zero-order valence-electron chi connectivity index (χ0n) is 63.3. The summed E-state index contributed by atoms with van der Waals surface area (Å²) in [5.74, 6) is -2.87. The smallest absolute Gasteiger partial charge is 0.394 e. The molecule has 4 unspecified atom stereocenters. The first-order valence-corrected chi connectivity index (χ1v) is 33.4. The molecule has 0 aliphatic carbocycles. The average Bonchev–Trinajstić information content (AvgIpc) is 0.747. The number of aliphatic hydroxyl groups excluding tert-OH is 8. The molecule has 87 heteroatoms. The summed E-state index contributed by atoms with van der Waals surface area (Å²) in [4.78, 5) is 23.1. The fraction of sp³-hybridized carbons (Fsp3) is 0.880. The number of hydrogen-bond acceptors (Lipinski definition) is 30. The van der Waals surface area contributed by atoms with Crippen molar-refractivity contribution >= 4 is 52.6 Å². The molecule has 0 fully saturated rings. The molecule has 2 heterocycles. The van der Waals surface area contributed by atoms with Gasteiger partial charge in [-0.15, -0.1) is 0 Å². The van der Waals surface area contributed by atoms with E-state index in [4.69, 9.17) is 45.0 Å². The quantitative estimate of drug-likeness (QED) is 0.0278. The van der Waals surface area contributed by atoms with Crippen molar-refractivity contribution in [2.24, 2.45) is 0 Å². The van der Waals surface area contributed by atoms with Crippen molar-refractivity contribution in [2.45, 2.75) is 197 Å². The first-order chi connectivity index (χ1) is 60.1. The highest BCUT2D eigenvalue weighted by atomic mass is 35.5. The minimum absolute atomic E-state index is 0.000000000000000444. The maximum absolute atomic E-state index is 15.2. The summed E-state index contributed by atoms with van der Waals surface area (Å²) in [6.07, 6.45) is -211. The molecular formula is C50H43Cl3F54N10O20. The van der Waals surface area contributed by atoms with Crippen LogP contribution in [0.3, 0.4) is 0 Å². The van der Waals surface area contributed by atoms with E-state index in [1.165, 1.54) is 47.6 Å². The molecule has 0 aliphatic heterocycles. The van der Waals surface area contributed by atoms with Gasteiger partial charge in [0.2, 0.25) is 33.7 Å². The zero-order chi connectivity index (χ0) is 109. The summed E-state index contributed by atoms with van der Waals surface area (Å²) in [5, 5.41) is 76.1. The number of nitrogens with one attached hydrogen (secondary N) is 1. The third-order valence-electron chi connectivity index (χ3n) is 13.2. The van der Waals surface area contributed by atoms with Crippen molar-refractivity contribution in [1.82, 2.24) is 35.2 Å². The Morgan fingerprint density at radius 1 is 0.241 bits per heavy atom. The lowest BCUT2D eigenvalue weighted by molar-refractivity contribution is -0.595. The third-order valence-corrected chi connectivity index (χ3v) is 13.7. The summed E-state index contributed by atoms with van der Waals surface area (Å²) >= 11 is 16.0. The molecule has 137 heavy (non-hydrogen) atoms. The van der Waals surface area contributed by atoms with E-state index < -0.39 is 267 Å². The van der Waals surface area contributed by atoms with E-state index in [0.717, 1.165) is 24.0 Å². The third kappa shape index (κ3) is 35.0. The zero-order valence-corrected chi connectivity index (χ0v) is 65.6. The van der Waals surface area contributed by atoms with Gasteiger partial charge in [0.05, 0.1) is 57.4 Å². The first-order valence-electron chi connectivity index (χ1n) is 32.3. The molecule has 2 rings (SSSR count). The van der Waals surface area contributed by atoms with Crippen LogP contribution in [0.4, 0.5) is 255 Å². The van der Waals surface area contributed by atoms with E-state index >= 15 is 8.78 Å². The molecule has 0 amide bonds. The summed E-state index contributed by atoms with van der Waals surface area (Å²) in [6, 6.07) is 0. The first kappa shape index (κ1) is 131. The highest BCUT2D eigenvalue weighted by Gasteiger charge is 2.84. The molecule has 30 nitrogen and oxygen atoms in total. The highest BCUT2D eigenvalue weighted by Crippen LogP contribution is 2.59. The van der Waals surface area contributed by atoms with Gasteiger partial charge < -0.3 is 60.9 Å². The minimum Gasteiger partial charge on any atom is -0.394 e. The Balaban J connectivity index is 0.00000258. The van der Waals surface area contributed by atoms with Crippen LogP contribution in [0, 0.1) is 0 Å². The summed E-state index contributed by atoms with van der Waals surface area (Å²) < 4.78 is 742. The number of likely N-dealkylation sites (N-methyl/N-ethyl adjacent to an activating group) is 2. The van der Waals surface area contributed by atoms with E-state index in [0.29, 0.717) is 0 Å². The van der Waals surface area contributed by atoms with Gasteiger partial charge in [-0.05, 0) is 48.7 Å². The number of rotatable bonds is 55. The molecule has 812 valence electrons. The number of alkyl halides is 54. The minimum atomic E-state index is -8.38. The van der Waals surface area contributed by atoms with Gasteiger partial charge in [0, 0.05) is 39.3 Å². The lowest BCUT2D eigenvalue weighted by atomic mass is 10.3. The van der Waals surface area contributed by atoms with Crippen LogP contribution in [-0.2, 0) is 56.8 Å². The molecule has 2 aromatic heterocycles. The number of nitrogens with zero attached hydrogens (tertiary/aromatic N) is 9. The molecule has 0 saturated heterocycles. The van der Waals surface area contributed by atoms with Crippen LogP contribution in [0.2, 0.25) is 15.9 Å². The van der Waals surface area contributed by atoms with Crippen LogP contribution in [0.1, 0.15) is 13.8 Å². The van der Waals surface area contributed by atoms with Crippen LogP contribution < -0.4 is 20.0 Å². The SMILES string of the molecule is CCN(CC(O)CO)c1nc(N(CC)CC(O)CO)nc(N(CC(O)CO)CC(F)(F)OC(F)(F)C(F)(F)OC(F)(F)C(F)(F)OC(F)(F)C(F)(F)OC(F)(F)C(F)(F)OC(F)(F)C(F)(F)OC(F)(F)C(F)(F)F)n1.Clc1nc(Cl)nc(Cl)n1.OCC(O)CNCC(F)(F)OC(F)(F)C(F)(F)OC(F)(F)C(F)(F)OC(F)(F)C(F)(F)OC(F)(F)C(F)(F)OC(F)(F)C(F)(F)OC(F)(F)C(F)(F)F. The van der Waals surface area contributed by atoms with E-state index in [1.54, 1.807) is 4.74 Å². The number of ether oxygens (including phenoxy) is 12. The highest BCUT2D eigenvalue weighted by molar-refractivity contribution is 6.33. The van der Waals surface area contributed by atoms with Crippen molar-refractivity contribution in [2.75, 3.05) is 93.5 Å². The van der Waals surface area contributed by atoms with Crippen LogP contribution >= 0.6 is 34.8 Å². The fourth-order valence-electron chi connectivity index (χ4n) is 6.96. The van der Waals surface area contributed by atoms with Crippen molar-refractivity contribution < 1.29 is 335 Å². The Labute approximate surface area is 728 Å². The normalized spacial score (nSPS) is 15.9. The Bertz CT molecular complexity index is 4030. The molecule has 0 spiro atoms. The van der Waals surface area contributed by atoms with E-state index in [-0.39, 0.29) is 33.8 Å². The molecule has 4 atom stereocenters. The molecule has 0 aliphatic rings. The maximum Gasteiger partial charge on any atom is 0.483 e. The maximum atomic E-state index is 15.2. The van der Waals surface area contributed by atoms with Gasteiger partial charge in [-0.2, -0.15) is 267 Å². The number of hydrogen-bond donors (Lipinski definition) is 9. The van der Waals surface area contributed by atoms with E-state index in [1.807, 2.05) is 0 Å². The summed E-state index contributed by atoms with van der Waals surface area (Å²) in [7, 11) is 0. The van der Waals surface area contributed by atoms with Gasteiger partial charge in [-0.25, -0.2) is 56.8 Å². The van der Waals surface area contributed by atoms with Crippen LogP contribution in [0.15, 0.2) is 0 Å². The van der Waals surface area contributed by atoms with Crippen molar-refractivity contribution in [3.05, 3.63) is 15.9 Å². The van der Waals surface area contributed by atoms with Crippen molar-refractivity contribution in [1.29, 1.82) is 0 Å². The van der Waals surface area contributed by atoms with Crippen LogP contribution in [0.5, 0.6) is 0 Å². The monoisotopic (exact) mass is 2230 g/mol. The van der Waals surface area contributed by atoms with Gasteiger partial charge in [-0.3, -0.25) is 0 Å². The second-order valence-corrected chi connectivity index (χ2v) is 25.2. The van der Waals surface area contributed by atoms with Crippen molar-refractivity contribution in [3.8, 4) is 0 Å². The lowest BCUT2D eigenvalue weighted by Gasteiger charge is -2.37. The summed E-state index contributed by atoms with van der Waals surface area (Å²) in [6.45, 7) is -12.1. The fourth-order valence-corrected chi connectivity index (χ4v) is 7.57. The molecule has 9 N–H and O–H groups in total. The molecule has 2 aromatic rings. The van der Waals surface area contributed by atoms with E-state index in [9.17, 15) is 259 Å². The summed E-state index contributed by atoms with van der Waals surface area (Å²) in [5.41, 5.74) is 0.